The maximum absolute atomic E-state index is 12.1. The maximum Gasteiger partial charge on any atom is 0.222 e. The van der Waals surface area contributed by atoms with Crippen LogP contribution in [0.4, 0.5) is 0 Å². The standard InChI is InChI=1S/C19H29ClN2O2/c1-3-13-22(14-4-2)19(24)10-6-9-18(23)21-12-11-16-7-5-8-17(20)15-16/h5,7-8,15H,3-4,6,9-14H2,1-2H3,(H,21,23). The second kappa shape index (κ2) is 11.9. The normalized spacial score (nSPS) is 10.5. The highest BCUT2D eigenvalue weighted by atomic mass is 35.5. The molecule has 2 amide bonds. The van der Waals surface area contributed by atoms with E-state index in [0.29, 0.717) is 30.8 Å². The van der Waals surface area contributed by atoms with Crippen LogP contribution in [0.15, 0.2) is 24.3 Å². The van der Waals surface area contributed by atoms with Gasteiger partial charge in [-0.3, -0.25) is 9.59 Å². The van der Waals surface area contributed by atoms with Gasteiger partial charge < -0.3 is 10.2 Å². The van der Waals surface area contributed by atoms with E-state index in [2.05, 4.69) is 19.2 Å². The fourth-order valence-corrected chi connectivity index (χ4v) is 2.80. The molecule has 1 aromatic carbocycles. The number of hydrogen-bond acceptors (Lipinski definition) is 2. The van der Waals surface area contributed by atoms with Crippen molar-refractivity contribution in [2.75, 3.05) is 19.6 Å². The van der Waals surface area contributed by atoms with Crippen LogP contribution in [0.3, 0.4) is 0 Å². The first-order valence-electron chi connectivity index (χ1n) is 8.85. The lowest BCUT2D eigenvalue weighted by atomic mass is 10.1. The van der Waals surface area contributed by atoms with Crippen LogP contribution in [0.25, 0.3) is 0 Å². The molecule has 0 atom stereocenters. The molecule has 0 unspecified atom stereocenters. The summed E-state index contributed by atoms with van der Waals surface area (Å²) in [6.07, 6.45) is 4.14. The van der Waals surface area contributed by atoms with Crippen molar-refractivity contribution in [1.82, 2.24) is 10.2 Å². The Morgan fingerprint density at radius 1 is 1.12 bits per heavy atom. The van der Waals surface area contributed by atoms with Gasteiger partial charge in [-0.05, 0) is 43.4 Å². The van der Waals surface area contributed by atoms with Crippen molar-refractivity contribution in [3.05, 3.63) is 34.9 Å². The number of carbonyl (C=O) groups excluding carboxylic acids is 2. The lowest BCUT2D eigenvalue weighted by Crippen LogP contribution is -2.32. The molecule has 0 saturated carbocycles. The SMILES string of the molecule is CCCN(CCC)C(=O)CCCC(=O)NCCc1cccc(Cl)c1. The largest absolute Gasteiger partial charge is 0.356 e. The average Bonchev–Trinajstić information content (AvgIpc) is 2.54. The Kier molecular flexibility index (Phi) is 10.2. The first-order chi connectivity index (χ1) is 11.6. The Labute approximate surface area is 150 Å². The Morgan fingerprint density at radius 3 is 2.46 bits per heavy atom. The Hall–Kier alpha value is -1.55. The highest BCUT2D eigenvalue weighted by Gasteiger charge is 2.12. The van der Waals surface area contributed by atoms with E-state index in [1.807, 2.05) is 29.2 Å². The van der Waals surface area contributed by atoms with Gasteiger partial charge in [0, 0.05) is 37.5 Å². The molecule has 24 heavy (non-hydrogen) atoms. The van der Waals surface area contributed by atoms with E-state index in [1.54, 1.807) is 0 Å². The van der Waals surface area contributed by atoms with E-state index in [9.17, 15) is 9.59 Å². The molecule has 0 aromatic heterocycles. The van der Waals surface area contributed by atoms with Crippen LogP contribution in [0.1, 0.15) is 51.5 Å². The van der Waals surface area contributed by atoms with Crippen molar-refractivity contribution >= 4 is 23.4 Å². The van der Waals surface area contributed by atoms with Crippen molar-refractivity contribution in [1.29, 1.82) is 0 Å². The zero-order valence-electron chi connectivity index (χ0n) is 14.8. The molecule has 4 nitrogen and oxygen atoms in total. The van der Waals surface area contributed by atoms with E-state index in [1.165, 1.54) is 0 Å². The van der Waals surface area contributed by atoms with Crippen molar-refractivity contribution in [3.63, 3.8) is 0 Å². The van der Waals surface area contributed by atoms with Gasteiger partial charge in [0.25, 0.3) is 0 Å². The quantitative estimate of drug-likeness (QED) is 0.658. The molecule has 0 aliphatic carbocycles. The smallest absolute Gasteiger partial charge is 0.222 e. The molecule has 5 heteroatoms. The second-order valence-electron chi connectivity index (χ2n) is 5.96. The molecule has 0 radical (unpaired) electrons. The summed E-state index contributed by atoms with van der Waals surface area (Å²) in [5.41, 5.74) is 1.10. The van der Waals surface area contributed by atoms with Crippen molar-refractivity contribution < 1.29 is 9.59 Å². The van der Waals surface area contributed by atoms with Gasteiger partial charge in [0.15, 0.2) is 0 Å². The molecular weight excluding hydrogens is 324 g/mol. The lowest BCUT2D eigenvalue weighted by Gasteiger charge is -2.21. The van der Waals surface area contributed by atoms with Crippen molar-refractivity contribution in [3.8, 4) is 0 Å². The molecular formula is C19H29ClN2O2. The van der Waals surface area contributed by atoms with E-state index < -0.39 is 0 Å². The van der Waals surface area contributed by atoms with Gasteiger partial charge in [-0.2, -0.15) is 0 Å². The Balaban J connectivity index is 2.20. The minimum absolute atomic E-state index is 0.00219. The molecule has 1 rings (SSSR count). The third-order valence-corrected chi connectivity index (χ3v) is 3.99. The third-order valence-electron chi connectivity index (χ3n) is 3.76. The van der Waals surface area contributed by atoms with Crippen molar-refractivity contribution in [2.45, 2.75) is 52.4 Å². The van der Waals surface area contributed by atoms with Gasteiger partial charge in [0.2, 0.25) is 11.8 Å². The number of nitrogens with zero attached hydrogens (tertiary/aromatic N) is 1. The van der Waals surface area contributed by atoms with Gasteiger partial charge in [-0.15, -0.1) is 0 Å². The van der Waals surface area contributed by atoms with E-state index >= 15 is 0 Å². The van der Waals surface area contributed by atoms with Crippen LogP contribution >= 0.6 is 11.6 Å². The minimum Gasteiger partial charge on any atom is -0.356 e. The number of carbonyl (C=O) groups is 2. The predicted molar refractivity (Wildman–Crippen MR) is 99.2 cm³/mol. The number of rotatable bonds is 11. The monoisotopic (exact) mass is 352 g/mol. The highest BCUT2D eigenvalue weighted by Crippen LogP contribution is 2.10. The van der Waals surface area contributed by atoms with E-state index in [0.717, 1.165) is 37.9 Å². The van der Waals surface area contributed by atoms with Crippen LogP contribution in [0.2, 0.25) is 5.02 Å². The van der Waals surface area contributed by atoms with E-state index in [-0.39, 0.29) is 11.8 Å². The van der Waals surface area contributed by atoms with Gasteiger partial charge in [0.1, 0.15) is 0 Å². The molecule has 0 aliphatic rings. The summed E-state index contributed by atoms with van der Waals surface area (Å²) < 4.78 is 0. The number of benzene rings is 1. The van der Waals surface area contributed by atoms with Gasteiger partial charge in [0.05, 0.1) is 0 Å². The summed E-state index contributed by atoms with van der Waals surface area (Å²) in [6, 6.07) is 7.64. The van der Waals surface area contributed by atoms with Crippen LogP contribution in [-0.4, -0.2) is 36.3 Å². The van der Waals surface area contributed by atoms with Gasteiger partial charge >= 0.3 is 0 Å². The molecule has 0 fully saturated rings. The maximum atomic E-state index is 12.1. The van der Waals surface area contributed by atoms with E-state index in [4.69, 9.17) is 11.6 Å². The van der Waals surface area contributed by atoms with Crippen LogP contribution in [-0.2, 0) is 16.0 Å². The highest BCUT2D eigenvalue weighted by molar-refractivity contribution is 6.30. The minimum atomic E-state index is 0.00219. The zero-order chi connectivity index (χ0) is 17.8. The second-order valence-corrected chi connectivity index (χ2v) is 6.40. The van der Waals surface area contributed by atoms with Crippen LogP contribution < -0.4 is 5.32 Å². The number of hydrogen-bond donors (Lipinski definition) is 1. The number of amides is 2. The topological polar surface area (TPSA) is 49.4 Å². The molecule has 0 aliphatic heterocycles. The first-order valence-corrected chi connectivity index (χ1v) is 9.23. The summed E-state index contributed by atoms with van der Waals surface area (Å²) in [5, 5.41) is 3.61. The molecule has 134 valence electrons. The van der Waals surface area contributed by atoms with Crippen LogP contribution in [0.5, 0.6) is 0 Å². The summed E-state index contributed by atoms with van der Waals surface area (Å²) in [5.74, 6) is 0.160. The Morgan fingerprint density at radius 2 is 1.83 bits per heavy atom. The zero-order valence-corrected chi connectivity index (χ0v) is 15.6. The van der Waals surface area contributed by atoms with Crippen LogP contribution in [0, 0.1) is 0 Å². The van der Waals surface area contributed by atoms with Crippen molar-refractivity contribution in [2.24, 2.45) is 0 Å². The van der Waals surface area contributed by atoms with Gasteiger partial charge in [-0.25, -0.2) is 0 Å². The molecule has 0 bridgehead atoms. The fraction of sp³-hybridized carbons (Fsp3) is 0.579. The predicted octanol–water partition coefficient (Wildman–Crippen LogP) is 3.82. The number of halogens is 1. The molecule has 0 spiro atoms. The molecule has 0 saturated heterocycles. The van der Waals surface area contributed by atoms with Gasteiger partial charge in [-0.1, -0.05) is 37.6 Å². The summed E-state index contributed by atoms with van der Waals surface area (Å²) in [4.78, 5) is 25.9. The summed E-state index contributed by atoms with van der Waals surface area (Å²) >= 11 is 5.93. The average molecular weight is 353 g/mol. The Bertz CT molecular complexity index is 514. The summed E-state index contributed by atoms with van der Waals surface area (Å²) in [6.45, 7) is 6.34. The fourth-order valence-electron chi connectivity index (χ4n) is 2.59. The third kappa shape index (κ3) is 8.34. The molecule has 1 N–H and O–H groups in total. The first kappa shape index (κ1) is 20.5. The molecule has 0 heterocycles. The molecule has 1 aromatic rings. The lowest BCUT2D eigenvalue weighted by molar-refractivity contribution is -0.131. The summed E-state index contributed by atoms with van der Waals surface area (Å²) in [7, 11) is 0. The number of nitrogens with one attached hydrogen (secondary N) is 1.